The molecule has 0 saturated carbocycles. The van der Waals surface area contributed by atoms with E-state index >= 15 is 0 Å². The second kappa shape index (κ2) is 5.88. The maximum atomic E-state index is 5.67. The number of oxazole rings is 1. The highest BCUT2D eigenvalue weighted by Gasteiger charge is 2.08. The van der Waals surface area contributed by atoms with Crippen molar-refractivity contribution in [1.82, 2.24) is 20.0 Å². The zero-order valence-electron chi connectivity index (χ0n) is 10.7. The molecule has 2 aromatic heterocycles. The predicted octanol–water partition coefficient (Wildman–Crippen LogP) is 2.76. The molecule has 20 heavy (non-hydrogen) atoms. The molecule has 0 aliphatic heterocycles. The molecule has 0 bridgehead atoms. The Balaban J connectivity index is 1.73. The van der Waals surface area contributed by atoms with E-state index in [4.69, 9.17) is 16.0 Å². The van der Waals surface area contributed by atoms with Gasteiger partial charge in [-0.05, 0) is 12.1 Å². The first-order valence-electron chi connectivity index (χ1n) is 6.30. The smallest absolute Gasteiger partial charge is 0.226 e. The average Bonchev–Trinajstić information content (AvgIpc) is 3.11. The van der Waals surface area contributed by atoms with Crippen molar-refractivity contribution in [3.05, 3.63) is 54.2 Å². The third-order valence-electron chi connectivity index (χ3n) is 2.83. The van der Waals surface area contributed by atoms with Gasteiger partial charge in [0, 0.05) is 24.1 Å². The van der Waals surface area contributed by atoms with Crippen LogP contribution in [0, 0.1) is 0 Å². The molecule has 3 aromatic rings. The van der Waals surface area contributed by atoms with Gasteiger partial charge in [0.25, 0.3) is 0 Å². The van der Waals surface area contributed by atoms with Crippen molar-refractivity contribution < 1.29 is 4.42 Å². The van der Waals surface area contributed by atoms with Crippen LogP contribution >= 0.6 is 11.6 Å². The second-order valence-corrected chi connectivity index (χ2v) is 4.73. The molecule has 0 unspecified atom stereocenters. The van der Waals surface area contributed by atoms with Gasteiger partial charge in [-0.3, -0.25) is 0 Å². The molecule has 5 nitrogen and oxygen atoms in total. The maximum Gasteiger partial charge on any atom is 0.226 e. The number of alkyl halides is 1. The van der Waals surface area contributed by atoms with Gasteiger partial charge in [0.2, 0.25) is 5.89 Å². The molecule has 102 valence electrons. The number of halogens is 1. The Morgan fingerprint density at radius 3 is 2.80 bits per heavy atom. The molecule has 3 rings (SSSR count). The Kier molecular flexibility index (Phi) is 3.78. The normalized spacial score (nSPS) is 10.8. The lowest BCUT2D eigenvalue weighted by Crippen LogP contribution is -2.00. The first kappa shape index (κ1) is 12.9. The van der Waals surface area contributed by atoms with Gasteiger partial charge in [0.1, 0.15) is 12.0 Å². The number of hydrogen-bond acceptors (Lipinski definition) is 4. The monoisotopic (exact) mass is 288 g/mol. The molecule has 0 aliphatic rings. The minimum Gasteiger partial charge on any atom is -0.444 e. The van der Waals surface area contributed by atoms with Crippen molar-refractivity contribution >= 4 is 11.6 Å². The third-order valence-corrected chi connectivity index (χ3v) is 3.02. The fourth-order valence-electron chi connectivity index (χ4n) is 1.89. The third kappa shape index (κ3) is 2.88. The highest BCUT2D eigenvalue weighted by atomic mass is 35.5. The zero-order valence-corrected chi connectivity index (χ0v) is 11.5. The van der Waals surface area contributed by atoms with Crippen LogP contribution in [-0.4, -0.2) is 25.9 Å². The Labute approximate surface area is 121 Å². The van der Waals surface area contributed by atoms with Crippen LogP contribution in [-0.2, 0) is 13.0 Å². The van der Waals surface area contributed by atoms with Gasteiger partial charge in [-0.15, -0.1) is 16.7 Å². The van der Waals surface area contributed by atoms with Crippen molar-refractivity contribution in [3.63, 3.8) is 0 Å². The first-order valence-corrected chi connectivity index (χ1v) is 6.83. The van der Waals surface area contributed by atoms with E-state index in [1.54, 1.807) is 10.9 Å². The first-order chi connectivity index (χ1) is 9.85. The molecule has 1 aromatic carbocycles. The highest BCUT2D eigenvalue weighted by Crippen LogP contribution is 2.18. The van der Waals surface area contributed by atoms with Crippen LogP contribution in [0.5, 0.6) is 0 Å². The van der Waals surface area contributed by atoms with E-state index < -0.39 is 0 Å². The Hall–Kier alpha value is -2.14. The molecule has 0 amide bonds. The van der Waals surface area contributed by atoms with Crippen molar-refractivity contribution in [2.75, 3.05) is 5.88 Å². The van der Waals surface area contributed by atoms with Crippen molar-refractivity contribution in [2.45, 2.75) is 13.0 Å². The molecule has 6 heteroatoms. The van der Waals surface area contributed by atoms with Crippen molar-refractivity contribution in [2.24, 2.45) is 0 Å². The Morgan fingerprint density at radius 2 is 2.00 bits per heavy atom. The van der Waals surface area contributed by atoms with Crippen LogP contribution < -0.4 is 0 Å². The van der Waals surface area contributed by atoms with Gasteiger partial charge in [-0.25, -0.2) is 9.67 Å². The fraction of sp³-hybridized carbons (Fsp3) is 0.214. The maximum absolute atomic E-state index is 5.67. The molecule has 0 aliphatic carbocycles. The van der Waals surface area contributed by atoms with Gasteiger partial charge >= 0.3 is 0 Å². The van der Waals surface area contributed by atoms with Crippen LogP contribution in [0.25, 0.3) is 11.5 Å². The zero-order chi connectivity index (χ0) is 13.8. The van der Waals surface area contributed by atoms with Gasteiger partial charge in [0.05, 0.1) is 12.2 Å². The Morgan fingerprint density at radius 1 is 1.15 bits per heavy atom. The largest absolute Gasteiger partial charge is 0.444 e. The number of aryl methyl sites for hydroxylation is 1. The lowest BCUT2D eigenvalue weighted by molar-refractivity contribution is 0.568. The summed E-state index contributed by atoms with van der Waals surface area (Å²) in [6, 6.07) is 9.79. The molecule has 0 saturated heterocycles. The summed E-state index contributed by atoms with van der Waals surface area (Å²) in [5.74, 6) is 1.16. The molecule has 0 fully saturated rings. The average molecular weight is 289 g/mol. The molecule has 2 heterocycles. The number of nitrogens with zero attached hydrogens (tertiary/aromatic N) is 4. The summed E-state index contributed by atoms with van der Waals surface area (Å²) in [7, 11) is 0. The quantitative estimate of drug-likeness (QED) is 0.677. The van der Waals surface area contributed by atoms with Crippen LogP contribution in [0.15, 0.2) is 47.2 Å². The lowest BCUT2D eigenvalue weighted by atomic mass is 10.2. The Bertz CT molecular complexity index is 677. The predicted molar refractivity (Wildman–Crippen MR) is 75.5 cm³/mol. The molecular formula is C14H13ClN4O. The summed E-state index contributed by atoms with van der Waals surface area (Å²) >= 11 is 5.67. The second-order valence-electron chi connectivity index (χ2n) is 4.36. The van der Waals surface area contributed by atoms with Crippen LogP contribution in [0.2, 0.25) is 0 Å². The minimum atomic E-state index is 0.533. The molecule has 0 N–H and O–H groups in total. The van der Waals surface area contributed by atoms with E-state index in [0.717, 1.165) is 23.4 Å². The van der Waals surface area contributed by atoms with Crippen LogP contribution in [0.1, 0.15) is 11.4 Å². The van der Waals surface area contributed by atoms with Gasteiger partial charge in [-0.2, -0.15) is 0 Å². The fourth-order valence-corrected chi connectivity index (χ4v) is 2.08. The summed E-state index contributed by atoms with van der Waals surface area (Å²) < 4.78 is 7.21. The molecule has 0 atom stereocenters. The molecule has 0 radical (unpaired) electrons. The van der Waals surface area contributed by atoms with Crippen molar-refractivity contribution in [1.29, 1.82) is 0 Å². The summed E-state index contributed by atoms with van der Waals surface area (Å²) in [5.41, 5.74) is 2.65. The summed E-state index contributed by atoms with van der Waals surface area (Å²) in [5, 5.41) is 8.08. The molecular weight excluding hydrogens is 276 g/mol. The van der Waals surface area contributed by atoms with Gasteiger partial charge < -0.3 is 4.42 Å². The SMILES string of the molecule is ClCCc1cn(Cc2coc(-c3ccccc3)n2)nn1. The summed E-state index contributed by atoms with van der Waals surface area (Å²) in [6.07, 6.45) is 4.24. The van der Waals surface area contributed by atoms with E-state index in [-0.39, 0.29) is 0 Å². The topological polar surface area (TPSA) is 56.7 Å². The van der Waals surface area contributed by atoms with E-state index in [2.05, 4.69) is 15.3 Å². The van der Waals surface area contributed by atoms with Gasteiger partial charge in [0.15, 0.2) is 0 Å². The van der Waals surface area contributed by atoms with Gasteiger partial charge in [-0.1, -0.05) is 23.4 Å². The van der Waals surface area contributed by atoms with E-state index in [1.165, 1.54) is 0 Å². The van der Waals surface area contributed by atoms with E-state index in [0.29, 0.717) is 18.3 Å². The van der Waals surface area contributed by atoms with Crippen LogP contribution in [0.4, 0.5) is 0 Å². The number of aromatic nitrogens is 4. The van der Waals surface area contributed by atoms with Crippen molar-refractivity contribution in [3.8, 4) is 11.5 Å². The number of benzene rings is 1. The number of rotatable bonds is 5. The lowest BCUT2D eigenvalue weighted by Gasteiger charge is -1.94. The van der Waals surface area contributed by atoms with E-state index in [9.17, 15) is 0 Å². The number of hydrogen-bond donors (Lipinski definition) is 0. The van der Waals surface area contributed by atoms with Crippen LogP contribution in [0.3, 0.4) is 0 Å². The molecule has 0 spiro atoms. The summed E-state index contributed by atoms with van der Waals surface area (Å²) in [6.45, 7) is 0.533. The summed E-state index contributed by atoms with van der Waals surface area (Å²) in [4.78, 5) is 4.45. The van der Waals surface area contributed by atoms with E-state index in [1.807, 2.05) is 36.5 Å². The minimum absolute atomic E-state index is 0.533. The highest BCUT2D eigenvalue weighted by molar-refractivity contribution is 6.17. The standard InChI is InChI=1S/C14H13ClN4O/c15-7-6-12-8-19(18-17-12)9-13-10-20-14(16-13)11-4-2-1-3-5-11/h1-5,8,10H,6-7,9H2.